The van der Waals surface area contributed by atoms with Crippen LogP contribution < -0.4 is 9.57 Å². The number of hydrogen-bond donors (Lipinski definition) is 1. The molecule has 0 fully saturated rings. The van der Waals surface area contributed by atoms with Gasteiger partial charge in [0.15, 0.2) is 0 Å². The Labute approximate surface area is 196 Å². The van der Waals surface area contributed by atoms with Crippen LogP contribution in [0.1, 0.15) is 21.5 Å². The predicted molar refractivity (Wildman–Crippen MR) is 129 cm³/mol. The highest BCUT2D eigenvalue weighted by Crippen LogP contribution is 2.28. The summed E-state index contributed by atoms with van der Waals surface area (Å²) in [6.45, 7) is 1.87. The van der Waals surface area contributed by atoms with E-state index in [2.05, 4.69) is 9.93 Å². The van der Waals surface area contributed by atoms with Crippen molar-refractivity contribution < 1.29 is 17.9 Å². The van der Waals surface area contributed by atoms with Gasteiger partial charge < -0.3 is 4.74 Å². The molecule has 166 valence electrons. The number of nitrogens with one attached hydrogen (secondary N) is 1. The van der Waals surface area contributed by atoms with Crippen molar-refractivity contribution in [3.8, 4) is 5.75 Å². The first-order chi connectivity index (χ1) is 15.8. The number of rotatable bonds is 6. The van der Waals surface area contributed by atoms with Crippen LogP contribution in [0.15, 0.2) is 94.9 Å². The number of benzene rings is 4. The smallest absolute Gasteiger partial charge is 0.345 e. The summed E-state index contributed by atoms with van der Waals surface area (Å²) in [5.74, 6) is -0.414. The summed E-state index contributed by atoms with van der Waals surface area (Å²) in [5.41, 5.74) is 1.61. The minimum Gasteiger partial charge on any atom is -0.422 e. The Kier molecular flexibility index (Phi) is 6.44. The van der Waals surface area contributed by atoms with Crippen LogP contribution in [0, 0.1) is 6.92 Å². The molecule has 0 saturated carbocycles. The van der Waals surface area contributed by atoms with Crippen LogP contribution in [0.2, 0.25) is 5.02 Å². The maximum absolute atomic E-state index is 12.7. The second-order valence-electron chi connectivity index (χ2n) is 7.23. The van der Waals surface area contributed by atoms with Gasteiger partial charge in [0.05, 0.1) is 21.7 Å². The van der Waals surface area contributed by atoms with Crippen LogP contribution in [0.4, 0.5) is 0 Å². The van der Waals surface area contributed by atoms with Crippen LogP contribution >= 0.6 is 11.6 Å². The Morgan fingerprint density at radius 3 is 2.39 bits per heavy atom. The number of hydrazone groups is 1. The fourth-order valence-corrected chi connectivity index (χ4v) is 4.21. The minimum absolute atomic E-state index is 0.0912. The highest BCUT2D eigenvalue weighted by atomic mass is 35.5. The van der Waals surface area contributed by atoms with Crippen molar-refractivity contribution in [1.29, 1.82) is 0 Å². The first-order valence-electron chi connectivity index (χ1n) is 9.95. The lowest BCUT2D eigenvalue weighted by Gasteiger charge is -2.11. The fourth-order valence-electron chi connectivity index (χ4n) is 3.21. The average Bonchev–Trinajstić information content (AvgIpc) is 2.80. The monoisotopic (exact) mass is 478 g/mol. The number of ether oxygens (including phenoxy) is 1. The molecule has 4 aromatic carbocycles. The van der Waals surface area contributed by atoms with Crippen molar-refractivity contribution >= 4 is 44.6 Å². The summed E-state index contributed by atoms with van der Waals surface area (Å²) >= 11 is 6.12. The van der Waals surface area contributed by atoms with Crippen molar-refractivity contribution in [3.63, 3.8) is 0 Å². The first-order valence-corrected chi connectivity index (χ1v) is 11.8. The molecular weight excluding hydrogens is 460 g/mol. The molecule has 1 N–H and O–H groups in total. The molecule has 4 rings (SSSR count). The number of aryl methyl sites for hydroxylation is 1. The number of carbonyl (C=O) groups is 1. The standard InChI is InChI=1S/C25H19ClN2O4S/c1-17-10-13-19(14-11-17)33(30,31)28-27-16-22-20-7-3-2-6-18(20)12-15-24(22)32-25(29)21-8-4-5-9-23(21)26/h2-16,28H,1H3/b27-16-. The van der Waals surface area contributed by atoms with Gasteiger partial charge in [0, 0.05) is 5.56 Å². The van der Waals surface area contributed by atoms with E-state index in [9.17, 15) is 13.2 Å². The molecule has 0 heterocycles. The molecule has 0 atom stereocenters. The first kappa shape index (κ1) is 22.5. The van der Waals surface area contributed by atoms with Crippen LogP contribution in [0.25, 0.3) is 10.8 Å². The van der Waals surface area contributed by atoms with Gasteiger partial charge >= 0.3 is 5.97 Å². The molecule has 0 saturated heterocycles. The van der Waals surface area contributed by atoms with Gasteiger partial charge in [-0.15, -0.1) is 0 Å². The van der Waals surface area contributed by atoms with E-state index >= 15 is 0 Å². The Balaban J connectivity index is 1.67. The number of fused-ring (bicyclic) bond motifs is 1. The Bertz CT molecular complexity index is 1470. The Hall–Kier alpha value is -3.68. The van der Waals surface area contributed by atoms with Gasteiger partial charge in [-0.25, -0.2) is 9.63 Å². The zero-order valence-corrected chi connectivity index (χ0v) is 19.1. The van der Waals surface area contributed by atoms with E-state index in [1.54, 1.807) is 48.5 Å². The van der Waals surface area contributed by atoms with Crippen LogP contribution in [0.3, 0.4) is 0 Å². The molecule has 4 aromatic rings. The van der Waals surface area contributed by atoms with E-state index in [0.717, 1.165) is 16.3 Å². The van der Waals surface area contributed by atoms with Crippen molar-refractivity contribution in [2.75, 3.05) is 0 Å². The second kappa shape index (κ2) is 9.44. The zero-order chi connectivity index (χ0) is 23.4. The van der Waals surface area contributed by atoms with Crippen molar-refractivity contribution in [2.24, 2.45) is 5.10 Å². The van der Waals surface area contributed by atoms with Crippen molar-refractivity contribution in [3.05, 3.63) is 107 Å². The fraction of sp³-hybridized carbons (Fsp3) is 0.0400. The number of nitrogens with zero attached hydrogens (tertiary/aromatic N) is 1. The summed E-state index contributed by atoms with van der Waals surface area (Å²) in [4.78, 5) is 15.0. The van der Waals surface area contributed by atoms with Gasteiger partial charge in [-0.1, -0.05) is 71.8 Å². The van der Waals surface area contributed by atoms with E-state index in [4.69, 9.17) is 16.3 Å². The number of hydrogen-bond acceptors (Lipinski definition) is 5. The molecule has 0 radical (unpaired) electrons. The van der Waals surface area contributed by atoms with E-state index < -0.39 is 16.0 Å². The third kappa shape index (κ3) is 5.05. The van der Waals surface area contributed by atoms with Crippen molar-refractivity contribution in [2.45, 2.75) is 11.8 Å². The lowest BCUT2D eigenvalue weighted by molar-refractivity contribution is 0.0735. The van der Waals surface area contributed by atoms with E-state index in [-0.39, 0.29) is 21.2 Å². The van der Waals surface area contributed by atoms with Crippen LogP contribution in [-0.2, 0) is 10.0 Å². The average molecular weight is 479 g/mol. The SMILES string of the molecule is Cc1ccc(S(=O)(=O)N/N=C\c2c(OC(=O)c3ccccc3Cl)ccc3ccccc23)cc1. The van der Waals surface area contributed by atoms with Crippen LogP contribution in [0.5, 0.6) is 5.75 Å². The third-order valence-electron chi connectivity index (χ3n) is 4.92. The predicted octanol–water partition coefficient (Wildman–Crippen LogP) is 5.33. The number of esters is 1. The largest absolute Gasteiger partial charge is 0.422 e. The van der Waals surface area contributed by atoms with E-state index in [1.165, 1.54) is 18.3 Å². The van der Waals surface area contributed by atoms with E-state index in [0.29, 0.717) is 5.56 Å². The molecule has 0 unspecified atom stereocenters. The molecule has 0 bridgehead atoms. The Morgan fingerprint density at radius 2 is 1.64 bits per heavy atom. The minimum atomic E-state index is -3.86. The lowest BCUT2D eigenvalue weighted by Crippen LogP contribution is -2.18. The summed E-state index contributed by atoms with van der Waals surface area (Å²) in [6.07, 6.45) is 1.32. The number of halogens is 1. The van der Waals surface area contributed by atoms with Gasteiger partial charge in [0.25, 0.3) is 10.0 Å². The molecule has 0 aliphatic heterocycles. The molecule has 0 amide bonds. The molecule has 0 aromatic heterocycles. The summed E-state index contributed by atoms with van der Waals surface area (Å²) in [5, 5.41) is 5.82. The summed E-state index contributed by atoms with van der Waals surface area (Å²) in [7, 11) is -3.86. The topological polar surface area (TPSA) is 84.8 Å². The number of sulfonamides is 1. The van der Waals surface area contributed by atoms with Gasteiger partial charge in [0.1, 0.15) is 5.75 Å². The zero-order valence-electron chi connectivity index (χ0n) is 17.5. The van der Waals surface area contributed by atoms with Crippen LogP contribution in [-0.4, -0.2) is 20.6 Å². The van der Waals surface area contributed by atoms with Gasteiger partial charge in [-0.3, -0.25) is 0 Å². The molecular formula is C25H19ClN2O4S. The molecule has 0 aliphatic rings. The maximum atomic E-state index is 12.7. The maximum Gasteiger partial charge on any atom is 0.345 e. The molecule has 6 nitrogen and oxygen atoms in total. The van der Waals surface area contributed by atoms with Gasteiger partial charge in [0.2, 0.25) is 0 Å². The third-order valence-corrected chi connectivity index (χ3v) is 6.49. The number of carbonyl (C=O) groups excluding carboxylic acids is 1. The lowest BCUT2D eigenvalue weighted by atomic mass is 10.0. The van der Waals surface area contributed by atoms with E-state index in [1.807, 2.05) is 31.2 Å². The van der Waals surface area contributed by atoms with Gasteiger partial charge in [-0.2, -0.15) is 13.5 Å². The summed E-state index contributed by atoms with van der Waals surface area (Å²) < 4.78 is 30.7. The normalized spacial score (nSPS) is 11.6. The summed E-state index contributed by atoms with van der Waals surface area (Å²) in [6, 6.07) is 23.8. The highest BCUT2D eigenvalue weighted by Gasteiger charge is 2.16. The van der Waals surface area contributed by atoms with Gasteiger partial charge in [-0.05, 0) is 48.0 Å². The highest BCUT2D eigenvalue weighted by molar-refractivity contribution is 7.89. The quantitative estimate of drug-likeness (QED) is 0.175. The second-order valence-corrected chi connectivity index (χ2v) is 9.30. The molecule has 8 heteroatoms. The molecule has 0 aliphatic carbocycles. The molecule has 33 heavy (non-hydrogen) atoms. The molecule has 0 spiro atoms. The Morgan fingerprint density at radius 1 is 0.939 bits per heavy atom. The van der Waals surface area contributed by atoms with Crippen molar-refractivity contribution in [1.82, 2.24) is 4.83 Å².